The molecule has 0 radical (unpaired) electrons. The number of benzene rings is 2. The minimum absolute atomic E-state index is 0.0641. The number of fused-ring (bicyclic) bond motifs is 3. The van der Waals surface area contributed by atoms with E-state index in [0.29, 0.717) is 6.04 Å². The average molecular weight is 331 g/mol. The van der Waals surface area contributed by atoms with E-state index < -0.39 is 0 Å². The maximum Gasteiger partial charge on any atom is 0.183 e. The Bertz CT molecular complexity index is 867. The van der Waals surface area contributed by atoms with Gasteiger partial charge in [0.05, 0.1) is 11.4 Å². The molecule has 2 aromatic carbocycles. The summed E-state index contributed by atoms with van der Waals surface area (Å²) in [5, 5.41) is 12.7. The molecular weight excluding hydrogens is 310 g/mol. The predicted octanol–water partition coefficient (Wildman–Crippen LogP) is 3.90. The summed E-state index contributed by atoms with van der Waals surface area (Å²) >= 11 is 0. The van der Waals surface area contributed by atoms with Gasteiger partial charge in [-0.1, -0.05) is 61.7 Å². The van der Waals surface area contributed by atoms with E-state index in [0.717, 1.165) is 11.5 Å². The smallest absolute Gasteiger partial charge is 0.183 e. The molecule has 0 spiro atoms. The van der Waals surface area contributed by atoms with Crippen molar-refractivity contribution in [1.82, 2.24) is 20.2 Å². The van der Waals surface area contributed by atoms with Crippen molar-refractivity contribution in [1.29, 1.82) is 0 Å². The van der Waals surface area contributed by atoms with E-state index in [4.69, 9.17) is 0 Å². The quantitative estimate of drug-likeness (QED) is 0.714. The van der Waals surface area contributed by atoms with Gasteiger partial charge < -0.3 is 4.90 Å². The van der Waals surface area contributed by atoms with Crippen LogP contribution < -0.4 is 4.90 Å². The van der Waals surface area contributed by atoms with E-state index in [1.807, 2.05) is 4.68 Å². The lowest BCUT2D eigenvalue weighted by molar-refractivity contribution is 0.390. The maximum absolute atomic E-state index is 4.42. The van der Waals surface area contributed by atoms with Crippen molar-refractivity contribution in [3.05, 3.63) is 66.0 Å². The molecule has 5 heteroatoms. The molecule has 0 N–H and O–H groups in total. The fraction of sp³-hybridized carbons (Fsp3) is 0.350. The van der Waals surface area contributed by atoms with Gasteiger partial charge in [0.25, 0.3) is 0 Å². The van der Waals surface area contributed by atoms with Crippen LogP contribution in [0, 0.1) is 0 Å². The van der Waals surface area contributed by atoms with Crippen LogP contribution in [0.3, 0.4) is 0 Å². The summed E-state index contributed by atoms with van der Waals surface area (Å²) in [7, 11) is 0. The summed E-state index contributed by atoms with van der Waals surface area (Å²) in [5.74, 6) is 0.912. The molecule has 1 aliphatic heterocycles. The van der Waals surface area contributed by atoms with Crippen molar-refractivity contribution in [2.75, 3.05) is 4.90 Å². The van der Waals surface area contributed by atoms with E-state index in [9.17, 15) is 0 Å². The van der Waals surface area contributed by atoms with Gasteiger partial charge in [0.1, 0.15) is 6.04 Å². The molecule has 5 rings (SSSR count). The fourth-order valence-corrected chi connectivity index (χ4v) is 4.37. The molecule has 0 amide bonds. The lowest BCUT2D eigenvalue weighted by Crippen LogP contribution is -2.44. The molecule has 0 saturated heterocycles. The largest absolute Gasteiger partial charge is 0.352 e. The van der Waals surface area contributed by atoms with Crippen LogP contribution in [-0.2, 0) is 0 Å². The van der Waals surface area contributed by atoms with Crippen molar-refractivity contribution in [2.45, 2.75) is 44.2 Å². The summed E-state index contributed by atoms with van der Waals surface area (Å²) in [6.45, 7) is 0. The first kappa shape index (κ1) is 14.6. The zero-order valence-electron chi connectivity index (χ0n) is 14.1. The minimum atomic E-state index is 0.0641. The third-order valence-corrected chi connectivity index (χ3v) is 5.49. The topological polar surface area (TPSA) is 46.8 Å². The molecule has 2 heterocycles. The summed E-state index contributed by atoms with van der Waals surface area (Å²) in [5.41, 5.74) is 3.57. The number of hydrogen-bond acceptors (Lipinski definition) is 4. The van der Waals surface area contributed by atoms with Gasteiger partial charge in [-0.3, -0.25) is 0 Å². The number of anilines is 1. The van der Waals surface area contributed by atoms with Crippen molar-refractivity contribution in [3.63, 3.8) is 0 Å². The third kappa shape index (κ3) is 2.34. The third-order valence-electron chi connectivity index (χ3n) is 5.49. The van der Waals surface area contributed by atoms with Crippen LogP contribution in [0.25, 0.3) is 5.69 Å². The van der Waals surface area contributed by atoms with Crippen molar-refractivity contribution < 1.29 is 0 Å². The number of aromatic nitrogens is 4. The maximum atomic E-state index is 4.42. The highest BCUT2D eigenvalue weighted by atomic mass is 15.6. The zero-order valence-corrected chi connectivity index (χ0v) is 14.1. The van der Waals surface area contributed by atoms with Crippen LogP contribution in [0.15, 0.2) is 54.6 Å². The normalized spacial score (nSPS) is 20.2. The SMILES string of the molecule is c1ccc(C2c3nnnn3-c3ccccc3N2C2CCCCC2)cc1. The molecule has 1 aromatic heterocycles. The number of hydrogen-bond donors (Lipinski definition) is 0. The van der Waals surface area contributed by atoms with E-state index >= 15 is 0 Å². The van der Waals surface area contributed by atoms with E-state index in [1.165, 1.54) is 43.4 Å². The first-order valence-electron chi connectivity index (χ1n) is 9.14. The van der Waals surface area contributed by atoms with Crippen molar-refractivity contribution in [2.24, 2.45) is 0 Å². The highest BCUT2D eigenvalue weighted by Gasteiger charge is 2.38. The molecule has 5 nitrogen and oxygen atoms in total. The second kappa shape index (κ2) is 5.99. The van der Waals surface area contributed by atoms with Gasteiger partial charge >= 0.3 is 0 Å². The summed E-state index contributed by atoms with van der Waals surface area (Å²) in [6.07, 6.45) is 6.42. The monoisotopic (exact) mass is 331 g/mol. The van der Waals surface area contributed by atoms with Crippen LogP contribution in [0.2, 0.25) is 0 Å². The first-order valence-corrected chi connectivity index (χ1v) is 9.14. The Morgan fingerprint density at radius 1 is 0.800 bits per heavy atom. The van der Waals surface area contributed by atoms with Crippen LogP contribution in [0.4, 0.5) is 5.69 Å². The molecule has 1 fully saturated rings. The predicted molar refractivity (Wildman–Crippen MR) is 96.8 cm³/mol. The molecule has 1 aliphatic carbocycles. The lowest BCUT2D eigenvalue weighted by atomic mass is 9.90. The van der Waals surface area contributed by atoms with Crippen LogP contribution in [0.5, 0.6) is 0 Å². The van der Waals surface area contributed by atoms with Gasteiger partial charge in [-0.15, -0.1) is 5.10 Å². The fourth-order valence-electron chi connectivity index (χ4n) is 4.37. The van der Waals surface area contributed by atoms with Gasteiger partial charge in [0.2, 0.25) is 0 Å². The van der Waals surface area contributed by atoms with Gasteiger partial charge in [0.15, 0.2) is 5.82 Å². The molecule has 1 atom stereocenters. The van der Waals surface area contributed by atoms with E-state index in [-0.39, 0.29) is 6.04 Å². The minimum Gasteiger partial charge on any atom is -0.352 e. The van der Waals surface area contributed by atoms with Crippen LogP contribution >= 0.6 is 0 Å². The molecular formula is C20H21N5. The second-order valence-electron chi connectivity index (χ2n) is 6.95. The Morgan fingerprint density at radius 2 is 1.52 bits per heavy atom. The Balaban J connectivity index is 1.72. The Morgan fingerprint density at radius 3 is 2.32 bits per heavy atom. The number of rotatable bonds is 2. The van der Waals surface area contributed by atoms with Crippen LogP contribution in [0.1, 0.15) is 49.5 Å². The van der Waals surface area contributed by atoms with Gasteiger partial charge in [0, 0.05) is 6.04 Å². The molecule has 2 aliphatic rings. The summed E-state index contributed by atoms with van der Waals surface area (Å²) in [4.78, 5) is 2.58. The van der Waals surface area contributed by atoms with Gasteiger partial charge in [-0.05, 0) is 41.0 Å². The van der Waals surface area contributed by atoms with Gasteiger partial charge in [-0.25, -0.2) is 0 Å². The standard InChI is InChI=1S/C20H21N5/c1-3-9-15(10-4-1)19-20-21-22-23-25(20)18-14-8-7-13-17(18)24(19)16-11-5-2-6-12-16/h1,3-4,7-10,13-14,16,19H,2,5-6,11-12H2. The van der Waals surface area contributed by atoms with Crippen molar-refractivity contribution in [3.8, 4) is 5.69 Å². The number of tetrazole rings is 1. The summed E-state index contributed by atoms with van der Waals surface area (Å²) in [6, 6.07) is 19.7. The zero-order chi connectivity index (χ0) is 16.6. The Kier molecular flexibility index (Phi) is 3.51. The van der Waals surface area contributed by atoms with Crippen LogP contribution in [-0.4, -0.2) is 26.2 Å². The second-order valence-corrected chi connectivity index (χ2v) is 6.95. The van der Waals surface area contributed by atoms with E-state index in [1.54, 1.807) is 0 Å². The number of nitrogens with zero attached hydrogens (tertiary/aromatic N) is 5. The highest BCUT2D eigenvalue weighted by molar-refractivity contribution is 5.68. The molecule has 1 saturated carbocycles. The Labute approximate surface area is 147 Å². The molecule has 126 valence electrons. The average Bonchev–Trinajstić information content (AvgIpc) is 3.18. The molecule has 0 bridgehead atoms. The molecule has 25 heavy (non-hydrogen) atoms. The lowest BCUT2D eigenvalue weighted by Gasteiger charge is -2.44. The van der Waals surface area contributed by atoms with Gasteiger partial charge in [-0.2, -0.15) is 4.68 Å². The molecule has 1 unspecified atom stereocenters. The van der Waals surface area contributed by atoms with Crippen molar-refractivity contribution >= 4 is 5.69 Å². The highest BCUT2D eigenvalue weighted by Crippen LogP contribution is 2.43. The Hall–Kier alpha value is -2.69. The van der Waals surface area contributed by atoms with E-state index in [2.05, 4.69) is 75.0 Å². The number of para-hydroxylation sites is 2. The summed E-state index contributed by atoms with van der Waals surface area (Å²) < 4.78 is 1.91. The first-order chi connectivity index (χ1) is 12.4. The molecule has 3 aromatic rings.